The second-order valence-electron chi connectivity index (χ2n) is 5.39. The van der Waals surface area contributed by atoms with Gasteiger partial charge in [-0.1, -0.05) is 45.0 Å². The molecule has 1 atom stereocenters. The van der Waals surface area contributed by atoms with Crippen LogP contribution in [0, 0.1) is 0 Å². The van der Waals surface area contributed by atoms with E-state index in [0.29, 0.717) is 0 Å². The molecule has 0 amide bonds. The SMILES string of the molecule is CC(C)(C)c1ccc([C@](O)(CN)C(F)(F)F)cc1. The maximum atomic E-state index is 12.8. The van der Waals surface area contributed by atoms with E-state index in [1.165, 1.54) is 12.1 Å². The summed E-state index contributed by atoms with van der Waals surface area (Å²) in [6, 6.07) is 5.73. The molecule has 0 bridgehead atoms. The molecule has 0 heterocycles. The predicted octanol–water partition coefficient (Wildman–Crippen LogP) is 2.69. The normalized spacial score (nSPS) is 16.4. The van der Waals surface area contributed by atoms with Gasteiger partial charge in [0.15, 0.2) is 5.60 Å². The Morgan fingerprint density at radius 2 is 1.39 bits per heavy atom. The van der Waals surface area contributed by atoms with Crippen molar-refractivity contribution in [2.45, 2.75) is 38.0 Å². The van der Waals surface area contributed by atoms with E-state index in [1.54, 1.807) is 12.1 Å². The van der Waals surface area contributed by atoms with Crippen molar-refractivity contribution in [1.82, 2.24) is 0 Å². The molecule has 0 saturated carbocycles. The number of aliphatic hydroxyl groups is 1. The first kappa shape index (κ1) is 15.0. The van der Waals surface area contributed by atoms with Crippen LogP contribution in [0.3, 0.4) is 0 Å². The van der Waals surface area contributed by atoms with Gasteiger partial charge in [-0.3, -0.25) is 0 Å². The van der Waals surface area contributed by atoms with Crippen LogP contribution in [-0.4, -0.2) is 17.8 Å². The lowest BCUT2D eigenvalue weighted by molar-refractivity contribution is -0.262. The maximum absolute atomic E-state index is 12.8. The Kier molecular flexibility index (Phi) is 3.79. The van der Waals surface area contributed by atoms with E-state index in [2.05, 4.69) is 0 Å². The Balaban J connectivity index is 3.19. The fraction of sp³-hybridized carbons (Fsp3) is 0.538. The third kappa shape index (κ3) is 2.67. The van der Waals surface area contributed by atoms with Crippen LogP contribution in [0.5, 0.6) is 0 Å². The molecule has 1 aromatic carbocycles. The van der Waals surface area contributed by atoms with Gasteiger partial charge in [-0.25, -0.2) is 0 Å². The fourth-order valence-electron chi connectivity index (χ4n) is 1.64. The standard InChI is InChI=1S/C13H18F3NO/c1-11(2,3)9-4-6-10(7-5-9)12(18,8-17)13(14,15)16/h4-7,18H,8,17H2,1-3H3/t12-/m1/s1. The maximum Gasteiger partial charge on any atom is 0.422 e. The molecular weight excluding hydrogens is 243 g/mol. The van der Waals surface area contributed by atoms with Crippen molar-refractivity contribution < 1.29 is 18.3 Å². The Morgan fingerprint density at radius 3 is 1.67 bits per heavy atom. The summed E-state index contributed by atoms with van der Waals surface area (Å²) < 4.78 is 38.4. The van der Waals surface area contributed by atoms with Crippen molar-refractivity contribution in [2.24, 2.45) is 5.73 Å². The number of rotatable bonds is 2. The third-order valence-electron chi connectivity index (χ3n) is 2.99. The van der Waals surface area contributed by atoms with Crippen LogP contribution in [0.15, 0.2) is 24.3 Å². The fourth-order valence-corrected chi connectivity index (χ4v) is 1.64. The van der Waals surface area contributed by atoms with Crippen molar-refractivity contribution in [3.8, 4) is 0 Å². The van der Waals surface area contributed by atoms with E-state index >= 15 is 0 Å². The summed E-state index contributed by atoms with van der Waals surface area (Å²) in [5.74, 6) is 0. The van der Waals surface area contributed by atoms with Crippen molar-refractivity contribution in [2.75, 3.05) is 6.54 Å². The minimum absolute atomic E-state index is 0.155. The molecule has 0 unspecified atom stereocenters. The largest absolute Gasteiger partial charge is 0.422 e. The number of benzene rings is 1. The molecule has 0 aliphatic heterocycles. The molecule has 102 valence electrons. The highest BCUT2D eigenvalue weighted by Crippen LogP contribution is 2.38. The van der Waals surface area contributed by atoms with E-state index in [9.17, 15) is 18.3 Å². The summed E-state index contributed by atoms with van der Waals surface area (Å²) >= 11 is 0. The van der Waals surface area contributed by atoms with Crippen LogP contribution in [0.1, 0.15) is 31.9 Å². The van der Waals surface area contributed by atoms with E-state index in [-0.39, 0.29) is 11.0 Å². The van der Waals surface area contributed by atoms with E-state index in [1.807, 2.05) is 20.8 Å². The molecule has 18 heavy (non-hydrogen) atoms. The average molecular weight is 261 g/mol. The number of nitrogens with two attached hydrogens (primary N) is 1. The highest BCUT2D eigenvalue weighted by atomic mass is 19.4. The zero-order valence-electron chi connectivity index (χ0n) is 10.7. The minimum atomic E-state index is -4.79. The molecule has 0 spiro atoms. The molecular formula is C13H18F3NO. The molecule has 1 aromatic rings. The van der Waals surface area contributed by atoms with Gasteiger partial charge < -0.3 is 10.8 Å². The van der Waals surface area contributed by atoms with E-state index < -0.39 is 18.3 Å². The predicted molar refractivity (Wildman–Crippen MR) is 64.1 cm³/mol. The molecule has 0 saturated heterocycles. The number of halogens is 3. The van der Waals surface area contributed by atoms with Gasteiger partial charge in [0.25, 0.3) is 0 Å². The topological polar surface area (TPSA) is 46.2 Å². The lowest BCUT2D eigenvalue weighted by Gasteiger charge is -2.30. The summed E-state index contributed by atoms with van der Waals surface area (Å²) in [5, 5.41) is 9.67. The first-order chi connectivity index (χ1) is 8.02. The van der Waals surface area contributed by atoms with Crippen LogP contribution in [0.4, 0.5) is 13.2 Å². The summed E-state index contributed by atoms with van der Waals surface area (Å²) in [6.07, 6.45) is -4.79. The van der Waals surface area contributed by atoms with Crippen LogP contribution in [0.2, 0.25) is 0 Å². The Hall–Kier alpha value is -1.07. The van der Waals surface area contributed by atoms with Gasteiger partial charge in [-0.05, 0) is 16.5 Å². The average Bonchev–Trinajstić information content (AvgIpc) is 2.25. The second kappa shape index (κ2) is 4.55. The molecule has 0 aliphatic rings. The van der Waals surface area contributed by atoms with Crippen molar-refractivity contribution in [1.29, 1.82) is 0 Å². The second-order valence-corrected chi connectivity index (χ2v) is 5.39. The van der Waals surface area contributed by atoms with Gasteiger partial charge in [0.2, 0.25) is 0 Å². The first-order valence-electron chi connectivity index (χ1n) is 5.62. The molecule has 0 aliphatic carbocycles. The van der Waals surface area contributed by atoms with Gasteiger partial charge in [0.1, 0.15) is 0 Å². The molecule has 3 N–H and O–H groups in total. The quantitative estimate of drug-likeness (QED) is 0.859. The van der Waals surface area contributed by atoms with Crippen LogP contribution >= 0.6 is 0 Å². The van der Waals surface area contributed by atoms with Crippen LogP contribution in [-0.2, 0) is 11.0 Å². The number of hydrogen-bond donors (Lipinski definition) is 2. The Morgan fingerprint density at radius 1 is 1.00 bits per heavy atom. The van der Waals surface area contributed by atoms with Gasteiger partial charge in [-0.2, -0.15) is 13.2 Å². The number of alkyl halides is 3. The smallest absolute Gasteiger partial charge is 0.375 e. The molecule has 0 aromatic heterocycles. The summed E-state index contributed by atoms with van der Waals surface area (Å²) in [5.41, 5.74) is 2.61. The minimum Gasteiger partial charge on any atom is -0.375 e. The summed E-state index contributed by atoms with van der Waals surface area (Å²) in [6.45, 7) is 4.98. The van der Waals surface area contributed by atoms with E-state index in [4.69, 9.17) is 5.73 Å². The molecule has 5 heteroatoms. The lowest BCUT2D eigenvalue weighted by atomic mass is 9.84. The third-order valence-corrected chi connectivity index (χ3v) is 2.99. The summed E-state index contributed by atoms with van der Waals surface area (Å²) in [7, 11) is 0. The highest BCUT2D eigenvalue weighted by molar-refractivity contribution is 5.32. The molecule has 2 nitrogen and oxygen atoms in total. The van der Waals surface area contributed by atoms with Crippen molar-refractivity contribution in [3.05, 3.63) is 35.4 Å². The summed E-state index contributed by atoms with van der Waals surface area (Å²) in [4.78, 5) is 0. The van der Waals surface area contributed by atoms with Crippen LogP contribution < -0.4 is 5.73 Å². The highest BCUT2D eigenvalue weighted by Gasteiger charge is 2.54. The van der Waals surface area contributed by atoms with Gasteiger partial charge in [-0.15, -0.1) is 0 Å². The number of hydrogen-bond acceptors (Lipinski definition) is 2. The first-order valence-corrected chi connectivity index (χ1v) is 5.62. The Bertz CT molecular complexity index is 406. The zero-order valence-corrected chi connectivity index (χ0v) is 10.7. The van der Waals surface area contributed by atoms with Crippen molar-refractivity contribution in [3.63, 3.8) is 0 Å². The molecule has 0 fully saturated rings. The monoisotopic (exact) mass is 261 g/mol. The Labute approximate surface area is 105 Å². The molecule has 0 radical (unpaired) electrons. The van der Waals surface area contributed by atoms with Gasteiger partial charge in [0.05, 0.1) is 0 Å². The van der Waals surface area contributed by atoms with Crippen molar-refractivity contribution >= 4 is 0 Å². The van der Waals surface area contributed by atoms with Gasteiger partial charge >= 0.3 is 6.18 Å². The molecule has 1 rings (SSSR count). The van der Waals surface area contributed by atoms with Gasteiger partial charge in [0, 0.05) is 6.54 Å². The van der Waals surface area contributed by atoms with Crippen LogP contribution in [0.25, 0.3) is 0 Å². The lowest BCUT2D eigenvalue weighted by Crippen LogP contribution is -2.48. The zero-order chi connectivity index (χ0) is 14.2. The van der Waals surface area contributed by atoms with E-state index in [0.717, 1.165) is 5.56 Å².